The molecule has 0 fully saturated rings. The van der Waals surface area contributed by atoms with Crippen molar-refractivity contribution in [3.05, 3.63) is 12.7 Å². The van der Waals surface area contributed by atoms with Crippen LogP contribution in [-0.2, 0) is 9.59 Å². The van der Waals surface area contributed by atoms with Crippen molar-refractivity contribution >= 4 is 23.6 Å². The third kappa shape index (κ3) is 7.34. The number of nitrogens with two attached hydrogens (primary N) is 1. The molecule has 0 heterocycles. The Kier molecular flexibility index (Phi) is 8.49. The minimum atomic E-state index is -1.03. The van der Waals surface area contributed by atoms with Crippen LogP contribution < -0.4 is 11.1 Å². The molecule has 0 radical (unpaired) electrons. The molecule has 0 aliphatic rings. The molecule has 0 aliphatic carbocycles. The Balaban J connectivity index is 4.23. The van der Waals surface area contributed by atoms with Crippen LogP contribution in [0.5, 0.6) is 0 Å². The molecular weight excluding hydrogens is 252 g/mol. The van der Waals surface area contributed by atoms with E-state index in [4.69, 9.17) is 10.8 Å². The number of nitrogens with one attached hydrogen (secondary N) is 1. The molecular formula is C12H22N2O3S. The number of carboxylic acids is 1. The summed E-state index contributed by atoms with van der Waals surface area (Å²) in [6.45, 7) is 7.38. The fourth-order valence-corrected chi connectivity index (χ4v) is 2.03. The number of hydrogen-bond donors (Lipinski definition) is 3. The zero-order valence-corrected chi connectivity index (χ0v) is 11.7. The summed E-state index contributed by atoms with van der Waals surface area (Å²) in [6, 6.07) is -1.56. The summed E-state index contributed by atoms with van der Waals surface area (Å²) in [5, 5.41) is 11.5. The molecule has 18 heavy (non-hydrogen) atoms. The minimum absolute atomic E-state index is 0.192. The Morgan fingerprint density at radius 3 is 2.56 bits per heavy atom. The van der Waals surface area contributed by atoms with Crippen LogP contribution in [0.3, 0.4) is 0 Å². The van der Waals surface area contributed by atoms with E-state index in [9.17, 15) is 9.59 Å². The first kappa shape index (κ1) is 17.0. The van der Waals surface area contributed by atoms with Crippen LogP contribution in [0.1, 0.15) is 20.3 Å². The molecule has 0 saturated heterocycles. The van der Waals surface area contributed by atoms with Gasteiger partial charge in [-0.15, -0.1) is 6.58 Å². The SMILES string of the molecule is C=CCSCC(N)C(=O)N[C@@H](CC(C)C)C(=O)O. The monoisotopic (exact) mass is 274 g/mol. The van der Waals surface area contributed by atoms with Gasteiger partial charge in [0.1, 0.15) is 6.04 Å². The first-order chi connectivity index (χ1) is 8.38. The van der Waals surface area contributed by atoms with E-state index in [2.05, 4.69) is 11.9 Å². The van der Waals surface area contributed by atoms with E-state index in [-0.39, 0.29) is 5.92 Å². The van der Waals surface area contributed by atoms with Crippen LogP contribution in [0.25, 0.3) is 0 Å². The highest BCUT2D eigenvalue weighted by molar-refractivity contribution is 7.99. The summed E-state index contributed by atoms with van der Waals surface area (Å²) >= 11 is 1.49. The lowest BCUT2D eigenvalue weighted by Crippen LogP contribution is -2.49. The van der Waals surface area contributed by atoms with E-state index in [1.807, 2.05) is 13.8 Å². The lowest BCUT2D eigenvalue weighted by atomic mass is 10.0. The zero-order valence-electron chi connectivity index (χ0n) is 10.9. The molecule has 0 rings (SSSR count). The molecule has 5 nitrogen and oxygen atoms in total. The maximum absolute atomic E-state index is 11.7. The quantitative estimate of drug-likeness (QED) is 0.428. The molecule has 0 saturated carbocycles. The van der Waals surface area contributed by atoms with Gasteiger partial charge in [0.05, 0.1) is 6.04 Å². The second kappa shape index (κ2) is 8.99. The van der Waals surface area contributed by atoms with E-state index in [0.717, 1.165) is 5.75 Å². The van der Waals surface area contributed by atoms with Gasteiger partial charge in [0.25, 0.3) is 0 Å². The van der Waals surface area contributed by atoms with Crippen molar-refractivity contribution in [2.45, 2.75) is 32.4 Å². The van der Waals surface area contributed by atoms with Crippen molar-refractivity contribution in [3.63, 3.8) is 0 Å². The summed E-state index contributed by atoms with van der Waals surface area (Å²) in [5.74, 6) is -0.0818. The predicted molar refractivity (Wildman–Crippen MR) is 74.5 cm³/mol. The topological polar surface area (TPSA) is 92.4 Å². The summed E-state index contributed by atoms with van der Waals surface area (Å²) in [7, 11) is 0. The molecule has 1 amide bonds. The number of rotatable bonds is 9. The highest BCUT2D eigenvalue weighted by Gasteiger charge is 2.23. The molecule has 0 aliphatic heterocycles. The number of hydrogen-bond acceptors (Lipinski definition) is 4. The molecule has 0 aromatic rings. The molecule has 2 atom stereocenters. The largest absolute Gasteiger partial charge is 0.480 e. The van der Waals surface area contributed by atoms with Crippen LogP contribution in [0.15, 0.2) is 12.7 Å². The van der Waals surface area contributed by atoms with Crippen LogP contribution in [0.2, 0.25) is 0 Å². The second-order valence-electron chi connectivity index (χ2n) is 4.46. The van der Waals surface area contributed by atoms with Gasteiger partial charge in [-0.1, -0.05) is 19.9 Å². The molecule has 0 bridgehead atoms. The maximum Gasteiger partial charge on any atom is 0.326 e. The van der Waals surface area contributed by atoms with Crippen LogP contribution >= 0.6 is 11.8 Å². The van der Waals surface area contributed by atoms with Gasteiger partial charge in [0, 0.05) is 11.5 Å². The van der Waals surface area contributed by atoms with Crippen molar-refractivity contribution < 1.29 is 14.7 Å². The summed E-state index contributed by atoms with van der Waals surface area (Å²) in [5.41, 5.74) is 5.68. The fourth-order valence-electron chi connectivity index (χ4n) is 1.33. The zero-order chi connectivity index (χ0) is 14.1. The van der Waals surface area contributed by atoms with Crippen molar-refractivity contribution in [1.29, 1.82) is 0 Å². The molecule has 104 valence electrons. The third-order valence-corrected chi connectivity index (χ3v) is 3.26. The Labute approximate surface area is 112 Å². The van der Waals surface area contributed by atoms with Crippen LogP contribution in [-0.4, -0.2) is 40.6 Å². The Morgan fingerprint density at radius 2 is 2.11 bits per heavy atom. The number of carbonyl (C=O) groups is 2. The second-order valence-corrected chi connectivity index (χ2v) is 5.54. The fraction of sp³-hybridized carbons (Fsp3) is 0.667. The lowest BCUT2D eigenvalue weighted by Gasteiger charge is -2.19. The highest BCUT2D eigenvalue weighted by atomic mass is 32.2. The van der Waals surface area contributed by atoms with Gasteiger partial charge < -0.3 is 16.2 Å². The Bertz CT molecular complexity index is 295. The van der Waals surface area contributed by atoms with Crippen molar-refractivity contribution in [2.75, 3.05) is 11.5 Å². The normalized spacial score (nSPS) is 14.0. The summed E-state index contributed by atoms with van der Waals surface area (Å²) in [6.07, 6.45) is 2.13. The number of thioether (sulfide) groups is 1. The first-order valence-corrected chi connectivity index (χ1v) is 7.01. The first-order valence-electron chi connectivity index (χ1n) is 5.85. The van der Waals surface area contributed by atoms with Crippen LogP contribution in [0.4, 0.5) is 0 Å². The Hall–Kier alpha value is -1.01. The lowest BCUT2D eigenvalue weighted by molar-refractivity contribution is -0.142. The number of carbonyl (C=O) groups excluding carboxylic acids is 1. The van der Waals surface area contributed by atoms with Gasteiger partial charge in [0.15, 0.2) is 0 Å². The molecule has 0 aromatic carbocycles. The van der Waals surface area contributed by atoms with Gasteiger partial charge in [-0.2, -0.15) is 11.8 Å². The van der Waals surface area contributed by atoms with E-state index in [1.54, 1.807) is 6.08 Å². The van der Waals surface area contributed by atoms with E-state index in [1.165, 1.54) is 11.8 Å². The van der Waals surface area contributed by atoms with Crippen molar-refractivity contribution in [2.24, 2.45) is 11.7 Å². The van der Waals surface area contributed by atoms with Crippen LogP contribution in [0, 0.1) is 5.92 Å². The smallest absolute Gasteiger partial charge is 0.326 e. The van der Waals surface area contributed by atoms with Gasteiger partial charge in [-0.3, -0.25) is 4.79 Å². The summed E-state index contributed by atoms with van der Waals surface area (Å²) < 4.78 is 0. The molecule has 0 spiro atoms. The van der Waals surface area contributed by atoms with Gasteiger partial charge in [-0.25, -0.2) is 4.79 Å². The number of amides is 1. The molecule has 4 N–H and O–H groups in total. The standard InChI is InChI=1S/C12H22N2O3S/c1-4-5-18-7-9(13)11(15)14-10(12(16)17)6-8(2)3/h4,8-10H,1,5-7,13H2,2-3H3,(H,14,15)(H,16,17)/t9?,10-/m0/s1. The van der Waals surface area contributed by atoms with E-state index < -0.39 is 24.0 Å². The third-order valence-electron chi connectivity index (χ3n) is 2.19. The van der Waals surface area contributed by atoms with E-state index >= 15 is 0 Å². The Morgan fingerprint density at radius 1 is 1.50 bits per heavy atom. The predicted octanol–water partition coefficient (Wildman–Crippen LogP) is 0.848. The molecule has 1 unspecified atom stereocenters. The van der Waals surface area contributed by atoms with Gasteiger partial charge >= 0.3 is 5.97 Å². The van der Waals surface area contributed by atoms with E-state index in [0.29, 0.717) is 12.2 Å². The number of carboxylic acid groups (broad SMARTS) is 1. The van der Waals surface area contributed by atoms with Crippen molar-refractivity contribution in [1.82, 2.24) is 5.32 Å². The average molecular weight is 274 g/mol. The molecule has 0 aromatic heterocycles. The average Bonchev–Trinajstić information content (AvgIpc) is 2.27. The number of aliphatic carboxylic acids is 1. The summed E-state index contributed by atoms with van der Waals surface area (Å²) in [4.78, 5) is 22.7. The minimum Gasteiger partial charge on any atom is -0.480 e. The van der Waals surface area contributed by atoms with Crippen molar-refractivity contribution in [3.8, 4) is 0 Å². The molecule has 6 heteroatoms. The van der Waals surface area contributed by atoms with Gasteiger partial charge in [0.2, 0.25) is 5.91 Å². The highest BCUT2D eigenvalue weighted by Crippen LogP contribution is 2.06. The maximum atomic E-state index is 11.7. The van der Waals surface area contributed by atoms with Gasteiger partial charge in [-0.05, 0) is 12.3 Å².